The zero-order valence-electron chi connectivity index (χ0n) is 11.5. The lowest BCUT2D eigenvalue weighted by Gasteiger charge is -2.10. The molecule has 0 saturated heterocycles. The van der Waals surface area contributed by atoms with Gasteiger partial charge < -0.3 is 15.7 Å². The Bertz CT molecular complexity index is 849. The smallest absolute Gasteiger partial charge is 0.323 e. The van der Waals surface area contributed by atoms with Gasteiger partial charge in [-0.05, 0) is 47.9 Å². The number of benzene rings is 3. The van der Waals surface area contributed by atoms with E-state index in [0.717, 1.165) is 10.8 Å². The summed E-state index contributed by atoms with van der Waals surface area (Å²) in [5, 5.41) is 17.3. The van der Waals surface area contributed by atoms with E-state index in [1.54, 1.807) is 48.5 Å². The molecule has 0 saturated carbocycles. The molecule has 0 radical (unpaired) electrons. The SMILES string of the molecule is O=C(Nc1cccc(Cl)c1)Nc1cccc2cc(O)ccc12. The molecular formula is C17H13ClN2O2. The minimum absolute atomic E-state index is 0.188. The molecule has 2 amide bonds. The maximum absolute atomic E-state index is 12.1. The van der Waals surface area contributed by atoms with Gasteiger partial charge in [0.2, 0.25) is 0 Å². The van der Waals surface area contributed by atoms with Gasteiger partial charge in [0.25, 0.3) is 0 Å². The normalized spacial score (nSPS) is 10.4. The third kappa shape index (κ3) is 3.13. The minimum Gasteiger partial charge on any atom is -0.508 e. The summed E-state index contributed by atoms with van der Waals surface area (Å²) in [6.45, 7) is 0. The summed E-state index contributed by atoms with van der Waals surface area (Å²) in [7, 11) is 0. The van der Waals surface area contributed by atoms with Gasteiger partial charge in [-0.1, -0.05) is 29.8 Å². The Hall–Kier alpha value is -2.72. The van der Waals surface area contributed by atoms with E-state index in [4.69, 9.17) is 11.6 Å². The van der Waals surface area contributed by atoms with E-state index in [-0.39, 0.29) is 11.8 Å². The molecule has 3 rings (SSSR count). The third-order valence-corrected chi connectivity index (χ3v) is 3.43. The fourth-order valence-electron chi connectivity index (χ4n) is 2.23. The predicted octanol–water partition coefficient (Wildman–Crippen LogP) is 4.84. The number of hydrogen-bond acceptors (Lipinski definition) is 2. The number of hydrogen-bond donors (Lipinski definition) is 3. The molecule has 0 aliphatic carbocycles. The maximum atomic E-state index is 12.1. The van der Waals surface area contributed by atoms with Crippen LogP contribution in [-0.2, 0) is 0 Å². The summed E-state index contributed by atoms with van der Waals surface area (Å²) in [6, 6.07) is 17.1. The number of aromatic hydroxyl groups is 1. The Morgan fingerprint density at radius 1 is 0.955 bits per heavy atom. The first-order valence-electron chi connectivity index (χ1n) is 6.67. The van der Waals surface area contributed by atoms with Gasteiger partial charge in [-0.2, -0.15) is 0 Å². The summed E-state index contributed by atoms with van der Waals surface area (Å²) >= 11 is 5.89. The molecule has 0 aliphatic rings. The van der Waals surface area contributed by atoms with Crippen LogP contribution >= 0.6 is 11.6 Å². The second kappa shape index (κ2) is 5.95. The zero-order valence-corrected chi connectivity index (χ0v) is 12.3. The Balaban J connectivity index is 1.82. The maximum Gasteiger partial charge on any atom is 0.323 e. The number of amides is 2. The van der Waals surface area contributed by atoms with Crippen LogP contribution in [0, 0.1) is 0 Å². The van der Waals surface area contributed by atoms with Crippen molar-refractivity contribution in [3.8, 4) is 5.75 Å². The monoisotopic (exact) mass is 312 g/mol. The number of phenols is 1. The number of urea groups is 1. The van der Waals surface area contributed by atoms with Crippen molar-refractivity contribution in [3.05, 3.63) is 65.7 Å². The molecule has 0 atom stereocenters. The summed E-state index contributed by atoms with van der Waals surface area (Å²) in [5.41, 5.74) is 1.28. The largest absolute Gasteiger partial charge is 0.508 e. The van der Waals surface area contributed by atoms with Crippen molar-refractivity contribution in [2.45, 2.75) is 0 Å². The fraction of sp³-hybridized carbons (Fsp3) is 0. The Morgan fingerprint density at radius 3 is 2.59 bits per heavy atom. The van der Waals surface area contributed by atoms with E-state index in [1.807, 2.05) is 12.1 Å². The number of halogens is 1. The van der Waals surface area contributed by atoms with Gasteiger partial charge in [0.1, 0.15) is 5.75 Å². The highest BCUT2D eigenvalue weighted by Gasteiger charge is 2.06. The molecule has 0 unspecified atom stereocenters. The second-order valence-corrected chi connectivity index (χ2v) is 5.24. The topological polar surface area (TPSA) is 61.4 Å². The van der Waals surface area contributed by atoms with Crippen LogP contribution in [0.15, 0.2) is 60.7 Å². The Kier molecular flexibility index (Phi) is 3.85. The number of nitrogens with one attached hydrogen (secondary N) is 2. The molecule has 0 spiro atoms. The van der Waals surface area contributed by atoms with Crippen LogP contribution in [0.2, 0.25) is 5.02 Å². The number of rotatable bonds is 2. The molecule has 22 heavy (non-hydrogen) atoms. The Morgan fingerprint density at radius 2 is 1.77 bits per heavy atom. The summed E-state index contributed by atoms with van der Waals surface area (Å²) in [4.78, 5) is 12.1. The molecule has 3 N–H and O–H groups in total. The predicted molar refractivity (Wildman–Crippen MR) is 89.7 cm³/mol. The van der Waals surface area contributed by atoms with Crippen LogP contribution in [0.4, 0.5) is 16.2 Å². The fourth-order valence-corrected chi connectivity index (χ4v) is 2.42. The second-order valence-electron chi connectivity index (χ2n) is 4.80. The lowest BCUT2D eigenvalue weighted by molar-refractivity contribution is 0.262. The van der Waals surface area contributed by atoms with Crippen molar-refractivity contribution >= 4 is 39.8 Å². The molecule has 110 valence electrons. The van der Waals surface area contributed by atoms with Crippen LogP contribution in [0.25, 0.3) is 10.8 Å². The van der Waals surface area contributed by atoms with E-state index in [9.17, 15) is 9.90 Å². The van der Waals surface area contributed by atoms with E-state index in [2.05, 4.69) is 10.6 Å². The van der Waals surface area contributed by atoms with Crippen LogP contribution < -0.4 is 10.6 Å². The standard InChI is InChI=1S/C17H13ClN2O2/c18-12-4-2-5-13(10-12)19-17(22)20-16-6-1-3-11-9-14(21)7-8-15(11)16/h1-10,21H,(H2,19,20,22). The van der Waals surface area contributed by atoms with Crippen LogP contribution in [0.5, 0.6) is 5.75 Å². The average Bonchev–Trinajstić information content (AvgIpc) is 2.47. The number of carbonyl (C=O) groups excluding carboxylic acids is 1. The average molecular weight is 313 g/mol. The zero-order chi connectivity index (χ0) is 15.5. The van der Waals surface area contributed by atoms with Crippen molar-refractivity contribution in [2.24, 2.45) is 0 Å². The highest BCUT2D eigenvalue weighted by molar-refractivity contribution is 6.30. The van der Waals surface area contributed by atoms with Crippen LogP contribution in [0.3, 0.4) is 0 Å². The van der Waals surface area contributed by atoms with E-state index >= 15 is 0 Å². The van der Waals surface area contributed by atoms with Crippen LogP contribution in [-0.4, -0.2) is 11.1 Å². The highest BCUT2D eigenvalue weighted by Crippen LogP contribution is 2.26. The van der Waals surface area contributed by atoms with Crippen molar-refractivity contribution in [2.75, 3.05) is 10.6 Å². The summed E-state index contributed by atoms with van der Waals surface area (Å²) < 4.78 is 0. The third-order valence-electron chi connectivity index (χ3n) is 3.19. The lowest BCUT2D eigenvalue weighted by Crippen LogP contribution is -2.19. The van der Waals surface area contributed by atoms with Crippen molar-refractivity contribution in [1.29, 1.82) is 0 Å². The van der Waals surface area contributed by atoms with Crippen LogP contribution in [0.1, 0.15) is 0 Å². The van der Waals surface area contributed by atoms with Gasteiger partial charge in [0, 0.05) is 16.1 Å². The van der Waals surface area contributed by atoms with Gasteiger partial charge in [-0.3, -0.25) is 0 Å². The summed E-state index contributed by atoms with van der Waals surface area (Å²) in [6.07, 6.45) is 0. The summed E-state index contributed by atoms with van der Waals surface area (Å²) in [5.74, 6) is 0.188. The first kappa shape index (κ1) is 14.2. The van der Waals surface area contributed by atoms with E-state index in [1.165, 1.54) is 0 Å². The minimum atomic E-state index is -0.358. The molecule has 0 fully saturated rings. The molecule has 3 aromatic rings. The van der Waals surface area contributed by atoms with Gasteiger partial charge in [0.15, 0.2) is 0 Å². The van der Waals surface area contributed by atoms with Gasteiger partial charge in [0.05, 0.1) is 5.69 Å². The lowest BCUT2D eigenvalue weighted by atomic mass is 10.1. The molecule has 0 bridgehead atoms. The van der Waals surface area contributed by atoms with E-state index in [0.29, 0.717) is 16.4 Å². The number of fused-ring (bicyclic) bond motifs is 1. The Labute approximate surface area is 132 Å². The molecule has 4 nitrogen and oxygen atoms in total. The van der Waals surface area contributed by atoms with Gasteiger partial charge >= 0.3 is 6.03 Å². The molecule has 0 aromatic heterocycles. The number of anilines is 2. The number of carbonyl (C=O) groups is 1. The first-order valence-corrected chi connectivity index (χ1v) is 7.05. The first-order chi connectivity index (χ1) is 10.6. The molecule has 0 heterocycles. The van der Waals surface area contributed by atoms with Gasteiger partial charge in [-0.15, -0.1) is 0 Å². The van der Waals surface area contributed by atoms with Gasteiger partial charge in [-0.25, -0.2) is 4.79 Å². The van der Waals surface area contributed by atoms with Crippen molar-refractivity contribution in [1.82, 2.24) is 0 Å². The highest BCUT2D eigenvalue weighted by atomic mass is 35.5. The number of phenolic OH excluding ortho intramolecular Hbond substituents is 1. The molecule has 3 aromatic carbocycles. The van der Waals surface area contributed by atoms with Crippen molar-refractivity contribution in [3.63, 3.8) is 0 Å². The molecule has 0 aliphatic heterocycles. The van der Waals surface area contributed by atoms with Crippen molar-refractivity contribution < 1.29 is 9.90 Å². The quantitative estimate of drug-likeness (QED) is 0.634. The molecule has 5 heteroatoms. The van der Waals surface area contributed by atoms with E-state index < -0.39 is 0 Å². The molecular weight excluding hydrogens is 300 g/mol.